The first-order chi connectivity index (χ1) is 16.5. The Kier molecular flexibility index (Phi) is 6.82. The molecule has 1 aromatic heterocycles. The Labute approximate surface area is 197 Å². The summed E-state index contributed by atoms with van der Waals surface area (Å²) in [6.07, 6.45) is 3.56. The summed E-state index contributed by atoms with van der Waals surface area (Å²) in [5.74, 6) is 0.117. The second kappa shape index (κ2) is 10.1. The van der Waals surface area contributed by atoms with E-state index in [1.165, 1.54) is 19.5 Å². The second-order valence-electron chi connectivity index (χ2n) is 7.95. The fourth-order valence-corrected chi connectivity index (χ4v) is 3.94. The van der Waals surface area contributed by atoms with Gasteiger partial charge in [0.1, 0.15) is 18.2 Å². The van der Waals surface area contributed by atoms with Crippen molar-refractivity contribution in [2.24, 2.45) is 11.7 Å². The van der Waals surface area contributed by atoms with Crippen molar-refractivity contribution < 1.29 is 19.1 Å². The van der Waals surface area contributed by atoms with Gasteiger partial charge in [-0.05, 0) is 42.8 Å². The lowest BCUT2D eigenvalue weighted by Gasteiger charge is -2.25. The van der Waals surface area contributed by atoms with Gasteiger partial charge in [0.05, 0.1) is 31.1 Å². The fraction of sp³-hybridized carbons (Fsp3) is 0.240. The van der Waals surface area contributed by atoms with Crippen LogP contribution < -0.4 is 15.4 Å². The predicted molar refractivity (Wildman–Crippen MR) is 126 cm³/mol. The van der Waals surface area contributed by atoms with Gasteiger partial charge in [-0.25, -0.2) is 9.97 Å². The highest BCUT2D eigenvalue weighted by Crippen LogP contribution is 2.33. The molecule has 3 aromatic rings. The van der Waals surface area contributed by atoms with Gasteiger partial charge in [0.2, 0.25) is 5.91 Å². The zero-order valence-corrected chi connectivity index (χ0v) is 18.7. The summed E-state index contributed by atoms with van der Waals surface area (Å²) in [6, 6.07) is 16.5. The van der Waals surface area contributed by atoms with E-state index in [-0.39, 0.29) is 30.8 Å². The number of ether oxygens (including phenoxy) is 2. The summed E-state index contributed by atoms with van der Waals surface area (Å²) in [5.41, 5.74) is 7.47. The van der Waals surface area contributed by atoms with Gasteiger partial charge in [0.15, 0.2) is 5.82 Å². The molecule has 3 N–H and O–H groups in total. The number of nitrogen functional groups attached to an aromatic ring is 1. The maximum Gasteiger partial charge on any atom is 0.306 e. The van der Waals surface area contributed by atoms with E-state index in [1.54, 1.807) is 4.90 Å². The molecule has 174 valence electrons. The summed E-state index contributed by atoms with van der Waals surface area (Å²) in [7, 11) is 1.32. The molecule has 9 heteroatoms. The molecule has 9 nitrogen and oxygen atoms in total. The van der Waals surface area contributed by atoms with Crippen LogP contribution in [-0.4, -0.2) is 47.4 Å². The first-order valence-corrected chi connectivity index (χ1v) is 10.8. The van der Waals surface area contributed by atoms with Crippen LogP contribution in [0.15, 0.2) is 67.0 Å². The van der Waals surface area contributed by atoms with E-state index in [0.29, 0.717) is 23.6 Å². The van der Waals surface area contributed by atoms with Crippen LogP contribution in [0.4, 0.5) is 5.69 Å². The molecular formula is C25H25N5O4. The first kappa shape index (κ1) is 22.9. The van der Waals surface area contributed by atoms with Gasteiger partial charge >= 0.3 is 5.97 Å². The normalized spacial score (nSPS) is 17.4. The van der Waals surface area contributed by atoms with E-state index in [2.05, 4.69) is 9.97 Å². The largest absolute Gasteiger partial charge is 0.491 e. The summed E-state index contributed by atoms with van der Waals surface area (Å²) in [5, 5.41) is 7.43. The molecule has 1 saturated heterocycles. The number of rotatable bonds is 8. The van der Waals surface area contributed by atoms with Gasteiger partial charge < -0.3 is 20.1 Å². The van der Waals surface area contributed by atoms with E-state index in [9.17, 15) is 9.59 Å². The van der Waals surface area contributed by atoms with Crippen molar-refractivity contribution in [3.8, 4) is 17.1 Å². The molecule has 0 aliphatic carbocycles. The Bertz CT molecular complexity index is 1170. The van der Waals surface area contributed by atoms with Crippen molar-refractivity contribution in [1.29, 1.82) is 5.41 Å². The lowest BCUT2D eigenvalue weighted by atomic mass is 10.0. The predicted octanol–water partition coefficient (Wildman–Crippen LogP) is 2.79. The minimum atomic E-state index is -0.446. The maximum atomic E-state index is 13.1. The lowest BCUT2D eigenvalue weighted by molar-refractivity contribution is -0.143. The summed E-state index contributed by atoms with van der Waals surface area (Å²) < 4.78 is 10.8. The third-order valence-corrected chi connectivity index (χ3v) is 5.70. The summed E-state index contributed by atoms with van der Waals surface area (Å²) >= 11 is 0. The van der Waals surface area contributed by atoms with Crippen LogP contribution in [0.5, 0.6) is 5.75 Å². The number of amides is 1. The first-order valence-electron chi connectivity index (χ1n) is 10.8. The number of hydrogen-bond donors (Lipinski definition) is 2. The van der Waals surface area contributed by atoms with Crippen LogP contribution in [0.3, 0.4) is 0 Å². The Morgan fingerprint density at radius 1 is 1.12 bits per heavy atom. The van der Waals surface area contributed by atoms with Crippen molar-refractivity contribution in [3.05, 3.63) is 72.6 Å². The van der Waals surface area contributed by atoms with Gasteiger partial charge in [0, 0.05) is 23.6 Å². The van der Waals surface area contributed by atoms with Gasteiger partial charge in [0.25, 0.3) is 0 Å². The average Bonchev–Trinajstić information content (AvgIpc) is 3.18. The van der Waals surface area contributed by atoms with Crippen molar-refractivity contribution >= 4 is 23.4 Å². The Morgan fingerprint density at radius 2 is 1.79 bits per heavy atom. The van der Waals surface area contributed by atoms with Crippen LogP contribution >= 0.6 is 0 Å². The molecule has 0 saturated carbocycles. The van der Waals surface area contributed by atoms with E-state index in [1.807, 2.05) is 54.6 Å². The number of carbonyl (C=O) groups is 2. The van der Waals surface area contributed by atoms with Gasteiger partial charge in [-0.1, -0.05) is 18.2 Å². The second-order valence-corrected chi connectivity index (χ2v) is 7.95. The highest BCUT2D eigenvalue weighted by molar-refractivity contribution is 5.99. The smallest absolute Gasteiger partial charge is 0.306 e. The monoisotopic (exact) mass is 459 g/mol. The highest BCUT2D eigenvalue weighted by atomic mass is 16.5. The number of para-hydroxylation sites is 1. The Morgan fingerprint density at radius 3 is 2.41 bits per heavy atom. The molecule has 34 heavy (non-hydrogen) atoms. The molecule has 0 unspecified atom stereocenters. The molecule has 2 aromatic carbocycles. The third kappa shape index (κ3) is 5.03. The number of nitrogens with two attached hydrogens (primary N) is 1. The van der Waals surface area contributed by atoms with Crippen molar-refractivity contribution in [1.82, 2.24) is 9.97 Å². The van der Waals surface area contributed by atoms with E-state index < -0.39 is 11.9 Å². The third-order valence-electron chi connectivity index (χ3n) is 5.70. The zero-order valence-electron chi connectivity index (χ0n) is 18.7. The number of methoxy groups -OCH3 is 1. The van der Waals surface area contributed by atoms with Gasteiger partial charge in [-0.2, -0.15) is 0 Å². The zero-order chi connectivity index (χ0) is 24.1. The standard InChI is InChI=1S/C25H25N5O4/c1-33-22(31)12-17-11-20(30(25(17)32)19-5-3-2-4-6-19)15-34-21-9-7-16(8-10-21)24-28-13-18(14-29-24)23(26)27/h2-10,13-14,17,20H,11-12,15H2,1H3,(H3,26,27)/t17-,20-/m0/s1. The number of amidine groups is 1. The molecule has 1 aliphatic rings. The highest BCUT2D eigenvalue weighted by Gasteiger charge is 2.41. The minimum absolute atomic E-state index is 0.0479. The molecule has 0 spiro atoms. The van der Waals surface area contributed by atoms with Crippen LogP contribution in [0, 0.1) is 11.3 Å². The molecule has 2 atom stereocenters. The Hall–Kier alpha value is -4.27. The molecule has 1 amide bonds. The summed E-state index contributed by atoms with van der Waals surface area (Å²) in [6.45, 7) is 0.279. The SMILES string of the molecule is COC(=O)C[C@@H]1C[C@@H](COc2ccc(-c3ncc(C(=N)N)cn3)cc2)N(c2ccccc2)C1=O. The van der Waals surface area contributed by atoms with Crippen LogP contribution in [0.1, 0.15) is 18.4 Å². The van der Waals surface area contributed by atoms with E-state index in [4.69, 9.17) is 20.6 Å². The number of hydrogen-bond acceptors (Lipinski definition) is 7. The van der Waals surface area contributed by atoms with Crippen molar-refractivity contribution in [3.63, 3.8) is 0 Å². The number of esters is 1. The molecule has 1 aliphatic heterocycles. The maximum absolute atomic E-state index is 13.1. The van der Waals surface area contributed by atoms with Gasteiger partial charge in [-0.15, -0.1) is 0 Å². The van der Waals surface area contributed by atoms with Crippen LogP contribution in [-0.2, 0) is 14.3 Å². The molecule has 0 radical (unpaired) electrons. The van der Waals surface area contributed by atoms with Gasteiger partial charge in [-0.3, -0.25) is 15.0 Å². The van der Waals surface area contributed by atoms with Crippen molar-refractivity contribution in [2.75, 3.05) is 18.6 Å². The van der Waals surface area contributed by atoms with E-state index in [0.717, 1.165) is 11.3 Å². The molecule has 1 fully saturated rings. The molecular weight excluding hydrogens is 434 g/mol. The average molecular weight is 460 g/mol. The summed E-state index contributed by atoms with van der Waals surface area (Å²) in [4.78, 5) is 35.1. The number of anilines is 1. The number of nitrogens with one attached hydrogen (secondary N) is 1. The van der Waals surface area contributed by atoms with Crippen LogP contribution in [0.2, 0.25) is 0 Å². The minimum Gasteiger partial charge on any atom is -0.491 e. The Balaban J connectivity index is 1.45. The number of benzene rings is 2. The number of carbonyl (C=O) groups excluding carboxylic acids is 2. The lowest BCUT2D eigenvalue weighted by Crippen LogP contribution is -2.37. The quantitative estimate of drug-likeness (QED) is 0.301. The van der Waals surface area contributed by atoms with E-state index >= 15 is 0 Å². The van der Waals surface area contributed by atoms with Crippen molar-refractivity contribution in [2.45, 2.75) is 18.9 Å². The molecule has 4 rings (SSSR count). The molecule has 0 bridgehead atoms. The molecule has 2 heterocycles. The topological polar surface area (TPSA) is 131 Å². The van der Waals surface area contributed by atoms with Crippen LogP contribution in [0.25, 0.3) is 11.4 Å². The fourth-order valence-electron chi connectivity index (χ4n) is 3.94. The number of nitrogens with zero attached hydrogens (tertiary/aromatic N) is 3. The number of aromatic nitrogens is 2.